The number of nitrogens with zero attached hydrogens (tertiary/aromatic N) is 1. The standard InChI is InChI=1S/C18H17ClN2O2/c1-23-14-7-4-6-13(9-14)16-11-17(21-20-16)18(22)10-12-5-2-3-8-15(12)19/h2-9,11,18,22H,10H2,1H3,(H,20,21). The number of aromatic amines is 1. The molecule has 0 saturated heterocycles. The summed E-state index contributed by atoms with van der Waals surface area (Å²) >= 11 is 6.14. The van der Waals surface area contributed by atoms with Crippen LogP contribution < -0.4 is 4.74 Å². The van der Waals surface area contributed by atoms with Crippen molar-refractivity contribution in [2.75, 3.05) is 7.11 Å². The van der Waals surface area contributed by atoms with Gasteiger partial charge in [-0.3, -0.25) is 5.10 Å². The predicted octanol–water partition coefficient (Wildman–Crippen LogP) is 4.01. The first kappa shape index (κ1) is 15.6. The van der Waals surface area contributed by atoms with E-state index in [1.165, 1.54) is 0 Å². The zero-order valence-corrected chi connectivity index (χ0v) is 13.4. The lowest BCUT2D eigenvalue weighted by Crippen LogP contribution is -2.02. The number of aromatic nitrogens is 2. The van der Waals surface area contributed by atoms with Gasteiger partial charge in [-0.1, -0.05) is 41.9 Å². The SMILES string of the molecule is COc1cccc(-c2cc(C(O)Cc3ccccc3Cl)n[nH]2)c1. The molecule has 0 amide bonds. The van der Waals surface area contributed by atoms with Crippen molar-refractivity contribution in [3.8, 4) is 17.0 Å². The van der Waals surface area contributed by atoms with Crippen molar-refractivity contribution in [3.05, 3.63) is 70.9 Å². The van der Waals surface area contributed by atoms with E-state index in [1.54, 1.807) is 7.11 Å². The maximum absolute atomic E-state index is 10.4. The number of methoxy groups -OCH3 is 1. The van der Waals surface area contributed by atoms with Crippen LogP contribution in [0.3, 0.4) is 0 Å². The summed E-state index contributed by atoms with van der Waals surface area (Å²) in [5.41, 5.74) is 3.26. The van der Waals surface area contributed by atoms with Gasteiger partial charge in [-0.15, -0.1) is 0 Å². The van der Waals surface area contributed by atoms with Crippen LogP contribution in [0.25, 0.3) is 11.3 Å². The molecule has 0 radical (unpaired) electrons. The third kappa shape index (κ3) is 3.55. The van der Waals surface area contributed by atoms with E-state index in [9.17, 15) is 5.11 Å². The van der Waals surface area contributed by atoms with Gasteiger partial charge in [0.25, 0.3) is 0 Å². The summed E-state index contributed by atoms with van der Waals surface area (Å²) in [7, 11) is 1.63. The van der Waals surface area contributed by atoms with E-state index < -0.39 is 6.10 Å². The van der Waals surface area contributed by atoms with Gasteiger partial charge in [0.1, 0.15) is 11.9 Å². The van der Waals surface area contributed by atoms with Crippen LogP contribution >= 0.6 is 11.6 Å². The lowest BCUT2D eigenvalue weighted by atomic mass is 10.0. The van der Waals surface area contributed by atoms with Crippen LogP contribution in [0.4, 0.5) is 0 Å². The lowest BCUT2D eigenvalue weighted by molar-refractivity contribution is 0.173. The molecule has 0 fully saturated rings. The molecule has 3 aromatic rings. The summed E-state index contributed by atoms with van der Waals surface area (Å²) in [5.74, 6) is 0.773. The summed E-state index contributed by atoms with van der Waals surface area (Å²) in [4.78, 5) is 0. The lowest BCUT2D eigenvalue weighted by Gasteiger charge is -2.08. The van der Waals surface area contributed by atoms with Gasteiger partial charge in [-0.05, 0) is 29.8 Å². The first-order chi connectivity index (χ1) is 11.2. The molecule has 0 aliphatic rings. The average molecular weight is 329 g/mol. The Balaban J connectivity index is 1.79. The van der Waals surface area contributed by atoms with Crippen LogP contribution in [0.2, 0.25) is 5.02 Å². The third-order valence-electron chi connectivity index (χ3n) is 3.69. The summed E-state index contributed by atoms with van der Waals surface area (Å²) in [6.45, 7) is 0. The number of hydrogen-bond acceptors (Lipinski definition) is 3. The van der Waals surface area contributed by atoms with E-state index in [1.807, 2.05) is 54.6 Å². The highest BCUT2D eigenvalue weighted by molar-refractivity contribution is 6.31. The number of aliphatic hydroxyl groups excluding tert-OH is 1. The maximum atomic E-state index is 10.4. The molecular formula is C18H17ClN2O2. The van der Waals surface area contributed by atoms with Gasteiger partial charge in [-0.25, -0.2) is 0 Å². The molecule has 3 rings (SSSR count). The largest absolute Gasteiger partial charge is 0.497 e. The first-order valence-electron chi connectivity index (χ1n) is 7.28. The normalized spacial score (nSPS) is 12.1. The van der Waals surface area contributed by atoms with E-state index in [2.05, 4.69) is 10.2 Å². The molecule has 1 unspecified atom stereocenters. The second-order valence-electron chi connectivity index (χ2n) is 5.25. The highest BCUT2D eigenvalue weighted by Gasteiger charge is 2.15. The number of rotatable bonds is 5. The molecule has 0 saturated carbocycles. The molecule has 0 bridgehead atoms. The molecule has 1 aromatic heterocycles. The number of nitrogens with one attached hydrogen (secondary N) is 1. The van der Waals surface area contributed by atoms with Crippen molar-refractivity contribution >= 4 is 11.6 Å². The Labute approximate surface area is 139 Å². The van der Waals surface area contributed by atoms with Gasteiger partial charge in [0, 0.05) is 17.0 Å². The monoisotopic (exact) mass is 328 g/mol. The summed E-state index contributed by atoms with van der Waals surface area (Å²) in [6.07, 6.45) is -0.298. The minimum Gasteiger partial charge on any atom is -0.497 e. The summed E-state index contributed by atoms with van der Waals surface area (Å²) in [6, 6.07) is 17.0. The smallest absolute Gasteiger partial charge is 0.119 e. The Hall–Kier alpha value is -2.30. The Morgan fingerprint density at radius 1 is 1.17 bits per heavy atom. The highest BCUT2D eigenvalue weighted by Crippen LogP contribution is 2.26. The average Bonchev–Trinajstić information content (AvgIpc) is 3.07. The van der Waals surface area contributed by atoms with Gasteiger partial charge in [0.15, 0.2) is 0 Å². The minimum atomic E-state index is -0.717. The van der Waals surface area contributed by atoms with E-state index in [0.29, 0.717) is 17.1 Å². The quantitative estimate of drug-likeness (QED) is 0.744. The van der Waals surface area contributed by atoms with Gasteiger partial charge >= 0.3 is 0 Å². The number of halogens is 1. The van der Waals surface area contributed by atoms with Crippen LogP contribution in [0.1, 0.15) is 17.4 Å². The van der Waals surface area contributed by atoms with E-state index >= 15 is 0 Å². The summed E-state index contributed by atoms with van der Waals surface area (Å²) in [5, 5.41) is 18.2. The van der Waals surface area contributed by atoms with Crippen molar-refractivity contribution in [2.24, 2.45) is 0 Å². The van der Waals surface area contributed by atoms with Crippen LogP contribution in [0, 0.1) is 0 Å². The molecule has 23 heavy (non-hydrogen) atoms. The van der Waals surface area contributed by atoms with Crippen LogP contribution in [-0.2, 0) is 6.42 Å². The molecule has 0 aliphatic heterocycles. The Morgan fingerprint density at radius 2 is 2.00 bits per heavy atom. The molecule has 5 heteroatoms. The van der Waals surface area contributed by atoms with E-state index in [-0.39, 0.29) is 0 Å². The maximum Gasteiger partial charge on any atom is 0.119 e. The molecule has 4 nitrogen and oxygen atoms in total. The molecule has 0 spiro atoms. The highest BCUT2D eigenvalue weighted by atomic mass is 35.5. The number of ether oxygens (including phenoxy) is 1. The second kappa shape index (κ2) is 6.86. The first-order valence-corrected chi connectivity index (χ1v) is 7.66. The van der Waals surface area contributed by atoms with Crippen molar-refractivity contribution in [3.63, 3.8) is 0 Å². The van der Waals surface area contributed by atoms with Crippen LogP contribution in [0.5, 0.6) is 5.75 Å². The topological polar surface area (TPSA) is 58.1 Å². The van der Waals surface area contributed by atoms with Crippen molar-refractivity contribution in [1.29, 1.82) is 0 Å². The van der Waals surface area contributed by atoms with Crippen LogP contribution in [0.15, 0.2) is 54.6 Å². The third-order valence-corrected chi connectivity index (χ3v) is 4.06. The molecule has 2 N–H and O–H groups in total. The minimum absolute atomic E-state index is 0.419. The van der Waals surface area contributed by atoms with Gasteiger partial charge < -0.3 is 9.84 Å². The van der Waals surface area contributed by atoms with Crippen molar-refractivity contribution in [1.82, 2.24) is 10.2 Å². The predicted molar refractivity (Wildman–Crippen MR) is 90.7 cm³/mol. The molecule has 1 atom stereocenters. The zero-order chi connectivity index (χ0) is 16.2. The molecular weight excluding hydrogens is 312 g/mol. The van der Waals surface area contributed by atoms with Gasteiger partial charge in [-0.2, -0.15) is 5.10 Å². The van der Waals surface area contributed by atoms with E-state index in [4.69, 9.17) is 16.3 Å². The van der Waals surface area contributed by atoms with Gasteiger partial charge in [0.05, 0.1) is 18.5 Å². The fourth-order valence-electron chi connectivity index (χ4n) is 2.42. The van der Waals surface area contributed by atoms with E-state index in [0.717, 1.165) is 22.6 Å². The van der Waals surface area contributed by atoms with Crippen LogP contribution in [-0.4, -0.2) is 22.4 Å². The molecule has 118 valence electrons. The number of hydrogen-bond donors (Lipinski definition) is 2. The van der Waals surface area contributed by atoms with Crippen molar-refractivity contribution in [2.45, 2.75) is 12.5 Å². The fourth-order valence-corrected chi connectivity index (χ4v) is 2.64. The molecule has 1 heterocycles. The fraction of sp³-hybridized carbons (Fsp3) is 0.167. The van der Waals surface area contributed by atoms with Gasteiger partial charge in [0.2, 0.25) is 0 Å². The molecule has 2 aromatic carbocycles. The summed E-state index contributed by atoms with van der Waals surface area (Å²) < 4.78 is 5.22. The van der Waals surface area contributed by atoms with Crippen molar-refractivity contribution < 1.29 is 9.84 Å². The Bertz CT molecular complexity index is 801. The number of aliphatic hydroxyl groups is 1. The zero-order valence-electron chi connectivity index (χ0n) is 12.7. The second-order valence-corrected chi connectivity index (χ2v) is 5.66. The number of H-pyrrole nitrogens is 1. The Kier molecular flexibility index (Phi) is 4.65. The Morgan fingerprint density at radius 3 is 2.78 bits per heavy atom. The number of benzene rings is 2. The molecule has 0 aliphatic carbocycles.